The zero-order chi connectivity index (χ0) is 21.3. The summed E-state index contributed by atoms with van der Waals surface area (Å²) in [4.78, 5) is 12.3. The molecule has 30 heavy (non-hydrogen) atoms. The largest absolute Gasteiger partial charge is 0.411 e. The Balaban J connectivity index is 1.49. The lowest BCUT2D eigenvalue weighted by Gasteiger charge is -2.07. The third-order valence-corrected chi connectivity index (χ3v) is 5.74. The molecular formula is C21H18ClN5O2S. The molecular weight excluding hydrogens is 422 g/mol. The Morgan fingerprint density at radius 3 is 2.63 bits per heavy atom. The van der Waals surface area contributed by atoms with Gasteiger partial charge in [-0.25, -0.2) is 4.68 Å². The van der Waals surface area contributed by atoms with Crippen LogP contribution in [-0.2, 0) is 0 Å². The second-order valence-corrected chi connectivity index (χ2v) is 8.08. The number of hydrogen-bond donors (Lipinski definition) is 1. The maximum atomic E-state index is 12.3. The van der Waals surface area contributed by atoms with Gasteiger partial charge in [0, 0.05) is 10.6 Å². The maximum Gasteiger partial charge on any atom is 0.277 e. The van der Waals surface area contributed by atoms with Crippen LogP contribution in [0.4, 0.5) is 5.82 Å². The summed E-state index contributed by atoms with van der Waals surface area (Å²) in [5.41, 5.74) is 10.6. The van der Waals surface area contributed by atoms with Crippen molar-refractivity contribution in [1.29, 1.82) is 0 Å². The van der Waals surface area contributed by atoms with E-state index in [0.717, 1.165) is 23.0 Å². The highest BCUT2D eigenvalue weighted by molar-refractivity contribution is 7.99. The van der Waals surface area contributed by atoms with E-state index >= 15 is 0 Å². The lowest BCUT2D eigenvalue weighted by atomic mass is 10.1. The standard InChI is InChI=1S/C21H18ClN5O2S/c1-12-3-8-16(9-13(12)2)27-19(23)17(10-24-27)20-25-26-21(29-20)30-11-18(28)14-4-6-15(22)7-5-14/h3-10H,11,23H2,1-2H3. The first-order chi connectivity index (χ1) is 14.4. The van der Waals surface area contributed by atoms with Crippen molar-refractivity contribution in [3.63, 3.8) is 0 Å². The molecule has 2 aromatic carbocycles. The number of carbonyl (C=O) groups excluding carboxylic acids is 1. The van der Waals surface area contributed by atoms with Crippen LogP contribution in [0.1, 0.15) is 21.5 Å². The van der Waals surface area contributed by atoms with E-state index in [2.05, 4.69) is 15.3 Å². The van der Waals surface area contributed by atoms with Crippen molar-refractivity contribution in [2.45, 2.75) is 19.1 Å². The Bertz CT molecular complexity index is 1220. The minimum absolute atomic E-state index is 0.0570. The van der Waals surface area contributed by atoms with E-state index in [1.165, 1.54) is 5.56 Å². The molecule has 7 nitrogen and oxygen atoms in total. The first kappa shape index (κ1) is 20.2. The molecule has 0 aliphatic heterocycles. The monoisotopic (exact) mass is 439 g/mol. The van der Waals surface area contributed by atoms with Crippen molar-refractivity contribution < 1.29 is 9.21 Å². The number of rotatable bonds is 6. The number of aromatic nitrogens is 4. The normalized spacial score (nSPS) is 11.0. The third kappa shape index (κ3) is 4.10. The molecule has 2 aromatic heterocycles. The minimum Gasteiger partial charge on any atom is -0.411 e. The lowest BCUT2D eigenvalue weighted by Crippen LogP contribution is -2.03. The van der Waals surface area contributed by atoms with E-state index < -0.39 is 0 Å². The highest BCUT2D eigenvalue weighted by atomic mass is 35.5. The molecule has 0 aliphatic carbocycles. The van der Waals surface area contributed by atoms with Gasteiger partial charge in [-0.1, -0.05) is 29.4 Å². The van der Waals surface area contributed by atoms with Crippen molar-refractivity contribution in [1.82, 2.24) is 20.0 Å². The molecule has 0 spiro atoms. The summed E-state index contributed by atoms with van der Waals surface area (Å²) in [5, 5.41) is 13.3. The Labute approximate surface area is 182 Å². The molecule has 9 heteroatoms. The number of ketones is 1. The van der Waals surface area contributed by atoms with Gasteiger partial charge < -0.3 is 10.2 Å². The third-order valence-electron chi connectivity index (χ3n) is 4.67. The van der Waals surface area contributed by atoms with E-state index in [1.807, 2.05) is 32.0 Å². The molecule has 0 atom stereocenters. The van der Waals surface area contributed by atoms with Gasteiger partial charge in [0.1, 0.15) is 11.4 Å². The van der Waals surface area contributed by atoms with Crippen LogP contribution in [0.3, 0.4) is 0 Å². The van der Waals surface area contributed by atoms with Gasteiger partial charge in [0.05, 0.1) is 17.6 Å². The summed E-state index contributed by atoms with van der Waals surface area (Å²) < 4.78 is 7.31. The summed E-state index contributed by atoms with van der Waals surface area (Å²) in [7, 11) is 0. The summed E-state index contributed by atoms with van der Waals surface area (Å²) in [6.45, 7) is 4.08. The Hall–Kier alpha value is -3.10. The average molecular weight is 440 g/mol. The summed E-state index contributed by atoms with van der Waals surface area (Å²) in [6, 6.07) is 12.7. The molecule has 0 radical (unpaired) electrons. The Morgan fingerprint density at radius 1 is 1.13 bits per heavy atom. The van der Waals surface area contributed by atoms with Crippen LogP contribution < -0.4 is 5.73 Å². The SMILES string of the molecule is Cc1ccc(-n2ncc(-c3nnc(SCC(=O)c4ccc(Cl)cc4)o3)c2N)cc1C. The van der Waals surface area contributed by atoms with E-state index in [4.69, 9.17) is 21.8 Å². The van der Waals surface area contributed by atoms with Gasteiger partial charge in [-0.05, 0) is 61.4 Å². The van der Waals surface area contributed by atoms with Crippen LogP contribution in [0.2, 0.25) is 5.02 Å². The molecule has 152 valence electrons. The summed E-state index contributed by atoms with van der Waals surface area (Å²) in [6.07, 6.45) is 1.59. The first-order valence-corrected chi connectivity index (χ1v) is 10.5. The maximum absolute atomic E-state index is 12.3. The van der Waals surface area contributed by atoms with Gasteiger partial charge in [-0.2, -0.15) is 5.10 Å². The zero-order valence-corrected chi connectivity index (χ0v) is 17.9. The van der Waals surface area contributed by atoms with Crippen LogP contribution in [0.5, 0.6) is 0 Å². The highest BCUT2D eigenvalue weighted by Gasteiger charge is 2.18. The van der Waals surface area contributed by atoms with E-state index in [0.29, 0.717) is 22.0 Å². The topological polar surface area (TPSA) is 99.8 Å². The number of thioether (sulfide) groups is 1. The molecule has 2 N–H and O–H groups in total. The number of nitrogen functional groups attached to an aromatic ring is 1. The Kier molecular flexibility index (Phi) is 5.61. The van der Waals surface area contributed by atoms with Crippen LogP contribution in [0, 0.1) is 13.8 Å². The number of halogens is 1. The van der Waals surface area contributed by atoms with Gasteiger partial charge in [0.25, 0.3) is 11.1 Å². The van der Waals surface area contributed by atoms with Crippen molar-refractivity contribution in [3.8, 4) is 17.1 Å². The quantitative estimate of drug-likeness (QED) is 0.341. The molecule has 4 rings (SSSR count). The number of aryl methyl sites for hydroxylation is 2. The van der Waals surface area contributed by atoms with Crippen LogP contribution >= 0.6 is 23.4 Å². The van der Waals surface area contributed by atoms with Crippen molar-refractivity contribution in [3.05, 3.63) is 70.4 Å². The number of carbonyl (C=O) groups is 1. The molecule has 0 aliphatic rings. The van der Waals surface area contributed by atoms with Gasteiger partial charge in [-0.3, -0.25) is 4.79 Å². The molecule has 0 amide bonds. The van der Waals surface area contributed by atoms with Gasteiger partial charge in [0.15, 0.2) is 5.78 Å². The zero-order valence-electron chi connectivity index (χ0n) is 16.3. The average Bonchev–Trinajstić information content (AvgIpc) is 3.35. The summed E-state index contributed by atoms with van der Waals surface area (Å²) >= 11 is 7.02. The Morgan fingerprint density at radius 2 is 1.90 bits per heavy atom. The van der Waals surface area contributed by atoms with Gasteiger partial charge in [-0.15, -0.1) is 10.2 Å². The van der Waals surface area contributed by atoms with Gasteiger partial charge >= 0.3 is 0 Å². The fraction of sp³-hybridized carbons (Fsp3) is 0.143. The van der Waals surface area contributed by atoms with E-state index in [-0.39, 0.29) is 22.6 Å². The molecule has 2 heterocycles. The van der Waals surface area contributed by atoms with E-state index in [1.54, 1.807) is 35.1 Å². The fourth-order valence-electron chi connectivity index (χ4n) is 2.81. The molecule has 4 aromatic rings. The van der Waals surface area contributed by atoms with Crippen molar-refractivity contribution in [2.24, 2.45) is 0 Å². The number of anilines is 1. The summed E-state index contributed by atoms with van der Waals surface area (Å²) in [5.74, 6) is 0.763. The number of Topliss-reactive ketones (excluding diaryl/α,β-unsaturated/α-hetero) is 1. The van der Waals surface area contributed by atoms with Crippen LogP contribution in [0.25, 0.3) is 17.1 Å². The minimum atomic E-state index is -0.0570. The molecule has 0 unspecified atom stereocenters. The highest BCUT2D eigenvalue weighted by Crippen LogP contribution is 2.29. The lowest BCUT2D eigenvalue weighted by molar-refractivity contribution is 0.102. The van der Waals surface area contributed by atoms with E-state index in [9.17, 15) is 4.79 Å². The molecule has 0 saturated carbocycles. The second kappa shape index (κ2) is 8.33. The second-order valence-electron chi connectivity index (χ2n) is 6.72. The number of nitrogens with zero attached hydrogens (tertiary/aromatic N) is 4. The predicted octanol–water partition coefficient (Wildman–Crippen LogP) is 4.75. The molecule has 0 bridgehead atoms. The first-order valence-electron chi connectivity index (χ1n) is 9.09. The van der Waals surface area contributed by atoms with Gasteiger partial charge in [0.2, 0.25) is 0 Å². The fourth-order valence-corrected chi connectivity index (χ4v) is 3.59. The van der Waals surface area contributed by atoms with Crippen molar-refractivity contribution in [2.75, 3.05) is 11.5 Å². The van der Waals surface area contributed by atoms with Crippen LogP contribution in [0.15, 0.2) is 58.3 Å². The number of benzene rings is 2. The number of hydrogen-bond acceptors (Lipinski definition) is 7. The predicted molar refractivity (Wildman–Crippen MR) is 117 cm³/mol. The smallest absolute Gasteiger partial charge is 0.277 e. The molecule has 0 fully saturated rings. The van der Waals surface area contributed by atoms with Crippen molar-refractivity contribution >= 4 is 35.0 Å². The number of nitrogens with two attached hydrogens (primary N) is 1. The molecule has 0 saturated heterocycles. The van der Waals surface area contributed by atoms with Crippen LogP contribution in [-0.4, -0.2) is 31.5 Å².